The zero-order valence-electron chi connectivity index (χ0n) is 22.8. The highest BCUT2D eigenvalue weighted by Crippen LogP contribution is 2.29. The molecular formula is C31H34FN5O3. The van der Waals surface area contributed by atoms with Gasteiger partial charge in [-0.05, 0) is 67.3 Å². The van der Waals surface area contributed by atoms with Gasteiger partial charge in [0.25, 0.3) is 0 Å². The molecule has 1 aliphatic carbocycles. The van der Waals surface area contributed by atoms with Crippen molar-refractivity contribution >= 4 is 22.8 Å². The number of fused-ring (bicyclic) bond motifs is 1. The van der Waals surface area contributed by atoms with E-state index in [9.17, 15) is 14.0 Å². The molecule has 5 rings (SSSR count). The van der Waals surface area contributed by atoms with Crippen LogP contribution in [0.5, 0.6) is 5.75 Å². The Labute approximate surface area is 233 Å². The van der Waals surface area contributed by atoms with Crippen LogP contribution in [0.2, 0.25) is 0 Å². The lowest BCUT2D eigenvalue weighted by atomic mass is 9.94. The van der Waals surface area contributed by atoms with E-state index in [4.69, 9.17) is 4.74 Å². The summed E-state index contributed by atoms with van der Waals surface area (Å²) in [5.74, 6) is -0.341. The number of amides is 2. The minimum absolute atomic E-state index is 0.0395. The maximum absolute atomic E-state index is 14.3. The van der Waals surface area contributed by atoms with E-state index in [-0.39, 0.29) is 24.4 Å². The van der Waals surface area contributed by atoms with Gasteiger partial charge in [0.15, 0.2) is 0 Å². The largest absolute Gasteiger partial charge is 0.497 e. The molecule has 3 aromatic carbocycles. The normalized spacial score (nSPS) is 15.4. The third kappa shape index (κ3) is 6.14. The van der Waals surface area contributed by atoms with Crippen molar-refractivity contribution in [2.24, 2.45) is 0 Å². The number of carbonyl (C=O) groups excluding carboxylic acids is 2. The van der Waals surface area contributed by atoms with E-state index in [1.165, 1.54) is 16.9 Å². The molecule has 1 fully saturated rings. The molecule has 0 saturated heterocycles. The number of aromatic nitrogens is 3. The predicted molar refractivity (Wildman–Crippen MR) is 150 cm³/mol. The zero-order chi connectivity index (χ0) is 28.1. The summed E-state index contributed by atoms with van der Waals surface area (Å²) in [4.78, 5) is 31.2. The lowest BCUT2D eigenvalue weighted by Gasteiger charge is -2.34. The number of hydrogen-bond donors (Lipinski definition) is 1. The summed E-state index contributed by atoms with van der Waals surface area (Å²) < 4.78 is 19.2. The first-order valence-corrected chi connectivity index (χ1v) is 13.7. The van der Waals surface area contributed by atoms with Crippen LogP contribution in [0.3, 0.4) is 0 Å². The SMILES string of the molecule is COc1ccc(CN(C(=O)C(C)n2nc3ccccc3n2)C(C(=O)NC2CCCCC2)c2ccc(F)cc2)cc1. The molecular weight excluding hydrogens is 509 g/mol. The third-order valence-corrected chi connectivity index (χ3v) is 7.50. The van der Waals surface area contributed by atoms with E-state index in [2.05, 4.69) is 15.5 Å². The first-order chi connectivity index (χ1) is 19.4. The molecule has 208 valence electrons. The van der Waals surface area contributed by atoms with Gasteiger partial charge >= 0.3 is 0 Å². The van der Waals surface area contributed by atoms with E-state index >= 15 is 0 Å². The average Bonchev–Trinajstić information content (AvgIpc) is 3.42. The zero-order valence-corrected chi connectivity index (χ0v) is 22.8. The fourth-order valence-electron chi connectivity index (χ4n) is 5.26. The summed E-state index contributed by atoms with van der Waals surface area (Å²) in [6, 6.07) is 18.8. The number of carbonyl (C=O) groups is 2. The van der Waals surface area contributed by atoms with Crippen LogP contribution >= 0.6 is 0 Å². The molecule has 2 unspecified atom stereocenters. The first kappa shape index (κ1) is 27.3. The molecule has 0 bridgehead atoms. The van der Waals surface area contributed by atoms with E-state index in [1.54, 1.807) is 31.1 Å². The summed E-state index contributed by atoms with van der Waals surface area (Å²) in [5, 5.41) is 12.2. The highest BCUT2D eigenvalue weighted by Gasteiger charge is 2.36. The number of ether oxygens (including phenoxy) is 1. The van der Waals surface area contributed by atoms with E-state index in [1.807, 2.05) is 48.5 Å². The Morgan fingerprint density at radius 2 is 1.60 bits per heavy atom. The number of hydrogen-bond acceptors (Lipinski definition) is 5. The van der Waals surface area contributed by atoms with Crippen LogP contribution in [-0.2, 0) is 16.1 Å². The molecule has 0 aliphatic heterocycles. The van der Waals surface area contributed by atoms with Crippen molar-refractivity contribution in [3.8, 4) is 5.75 Å². The number of benzene rings is 3. The Morgan fingerprint density at radius 3 is 2.20 bits per heavy atom. The topological polar surface area (TPSA) is 89.3 Å². The van der Waals surface area contributed by atoms with Crippen LogP contribution in [0.1, 0.15) is 62.2 Å². The van der Waals surface area contributed by atoms with Crippen LogP contribution in [0, 0.1) is 5.82 Å². The molecule has 9 heteroatoms. The Hall–Kier alpha value is -4.27. The molecule has 2 amide bonds. The number of halogens is 1. The van der Waals surface area contributed by atoms with Gasteiger partial charge in [0.1, 0.15) is 34.7 Å². The van der Waals surface area contributed by atoms with Crippen molar-refractivity contribution < 1.29 is 18.7 Å². The lowest BCUT2D eigenvalue weighted by molar-refractivity contribution is -0.144. The summed E-state index contributed by atoms with van der Waals surface area (Å²) in [5.41, 5.74) is 2.70. The fourth-order valence-corrected chi connectivity index (χ4v) is 5.26. The summed E-state index contributed by atoms with van der Waals surface area (Å²) in [6.07, 6.45) is 5.05. The highest BCUT2D eigenvalue weighted by atomic mass is 19.1. The number of rotatable bonds is 9. The number of methoxy groups -OCH3 is 1. The second-order valence-corrected chi connectivity index (χ2v) is 10.3. The maximum atomic E-state index is 14.3. The van der Waals surface area contributed by atoms with Gasteiger partial charge in [-0.1, -0.05) is 55.7 Å². The van der Waals surface area contributed by atoms with Gasteiger partial charge in [-0.25, -0.2) is 4.39 Å². The van der Waals surface area contributed by atoms with Crippen LogP contribution in [0.15, 0.2) is 72.8 Å². The molecule has 8 nitrogen and oxygen atoms in total. The molecule has 1 N–H and O–H groups in total. The van der Waals surface area contributed by atoms with Crippen molar-refractivity contribution in [2.75, 3.05) is 7.11 Å². The third-order valence-electron chi connectivity index (χ3n) is 7.50. The average molecular weight is 544 g/mol. The minimum Gasteiger partial charge on any atom is -0.497 e. The van der Waals surface area contributed by atoms with Crippen LogP contribution in [0.4, 0.5) is 4.39 Å². The van der Waals surface area contributed by atoms with Gasteiger partial charge in [0.05, 0.1) is 7.11 Å². The maximum Gasteiger partial charge on any atom is 0.250 e. The predicted octanol–water partition coefficient (Wildman–Crippen LogP) is 5.36. The number of nitrogens with one attached hydrogen (secondary N) is 1. The van der Waals surface area contributed by atoms with Gasteiger partial charge < -0.3 is 15.0 Å². The Balaban J connectivity index is 1.53. The van der Waals surface area contributed by atoms with Gasteiger partial charge in [-0.2, -0.15) is 15.0 Å². The van der Waals surface area contributed by atoms with Crippen molar-refractivity contribution in [3.05, 3.63) is 89.7 Å². The molecule has 0 spiro atoms. The minimum atomic E-state index is -0.982. The quantitative estimate of drug-likeness (QED) is 0.307. The highest BCUT2D eigenvalue weighted by molar-refractivity contribution is 5.90. The monoisotopic (exact) mass is 543 g/mol. The van der Waals surface area contributed by atoms with Crippen molar-refractivity contribution in [2.45, 2.75) is 63.7 Å². The molecule has 1 aliphatic rings. The first-order valence-electron chi connectivity index (χ1n) is 13.7. The van der Waals surface area contributed by atoms with Crippen LogP contribution in [0.25, 0.3) is 11.0 Å². The van der Waals surface area contributed by atoms with Gasteiger partial charge in [0.2, 0.25) is 11.8 Å². The van der Waals surface area contributed by atoms with Gasteiger partial charge in [0, 0.05) is 12.6 Å². The van der Waals surface area contributed by atoms with Gasteiger partial charge in [-0.3, -0.25) is 9.59 Å². The van der Waals surface area contributed by atoms with Crippen LogP contribution in [-0.4, -0.2) is 44.9 Å². The molecule has 40 heavy (non-hydrogen) atoms. The van der Waals surface area contributed by atoms with E-state index in [0.717, 1.165) is 37.7 Å². The second kappa shape index (κ2) is 12.3. The smallest absolute Gasteiger partial charge is 0.250 e. The molecule has 4 aromatic rings. The fraction of sp³-hybridized carbons (Fsp3) is 0.355. The Kier molecular flexibility index (Phi) is 8.38. The summed E-state index contributed by atoms with van der Waals surface area (Å²) in [7, 11) is 1.59. The lowest BCUT2D eigenvalue weighted by Crippen LogP contribution is -2.48. The molecule has 1 saturated carbocycles. The summed E-state index contributed by atoms with van der Waals surface area (Å²) >= 11 is 0. The molecule has 2 atom stereocenters. The number of nitrogens with zero attached hydrogens (tertiary/aromatic N) is 4. The van der Waals surface area contributed by atoms with Gasteiger partial charge in [-0.15, -0.1) is 0 Å². The van der Waals surface area contributed by atoms with E-state index in [0.29, 0.717) is 22.3 Å². The second-order valence-electron chi connectivity index (χ2n) is 10.3. The van der Waals surface area contributed by atoms with E-state index < -0.39 is 17.9 Å². The molecule has 0 radical (unpaired) electrons. The summed E-state index contributed by atoms with van der Waals surface area (Å²) in [6.45, 7) is 1.87. The molecule has 1 heterocycles. The van der Waals surface area contributed by atoms with Crippen molar-refractivity contribution in [1.82, 2.24) is 25.2 Å². The van der Waals surface area contributed by atoms with Crippen LogP contribution < -0.4 is 10.1 Å². The van der Waals surface area contributed by atoms with Crippen molar-refractivity contribution in [1.29, 1.82) is 0 Å². The standard InChI is InChI=1S/C31H34FN5O3/c1-21(37-34-27-10-6-7-11-28(27)35-37)31(39)36(20-22-12-18-26(40-2)19-13-22)29(23-14-16-24(32)17-15-23)30(38)33-25-8-4-3-5-9-25/h6-7,10-19,21,25,29H,3-5,8-9,20H2,1-2H3,(H,33,38). The van der Waals surface area contributed by atoms with Crippen molar-refractivity contribution in [3.63, 3.8) is 0 Å². The molecule has 1 aromatic heterocycles. The Morgan fingerprint density at radius 1 is 0.975 bits per heavy atom. The Bertz CT molecular complexity index is 1420.